The number of para-hydroxylation sites is 1. The molecule has 13 heavy (non-hydrogen) atoms. The molecule has 1 aromatic rings. The van der Waals surface area contributed by atoms with Gasteiger partial charge in [-0.05, 0) is 34.7 Å². The second-order valence-electron chi connectivity index (χ2n) is 2.21. The van der Waals surface area contributed by atoms with Crippen LogP contribution in [0.3, 0.4) is 0 Å². The first-order valence-electron chi connectivity index (χ1n) is 3.47. The highest BCUT2D eigenvalue weighted by Crippen LogP contribution is 2.16. The van der Waals surface area contributed by atoms with Crippen LogP contribution < -0.4 is 5.32 Å². The molecule has 0 unspecified atom stereocenters. The average molecular weight is 290 g/mol. The van der Waals surface area contributed by atoms with Crippen molar-refractivity contribution in [2.45, 2.75) is 0 Å². The highest BCUT2D eigenvalue weighted by atomic mass is 127. The Kier molecular flexibility index (Phi) is 3.69. The molecular formula is C8H7IN2O2. The van der Waals surface area contributed by atoms with Gasteiger partial charge in [-0.15, -0.1) is 0 Å². The summed E-state index contributed by atoms with van der Waals surface area (Å²) in [5.41, 5.74) is 0.702. The van der Waals surface area contributed by atoms with Crippen molar-refractivity contribution in [1.82, 2.24) is 0 Å². The maximum Gasteiger partial charge on any atom is 0.270 e. The Hall–Kier alpha value is -1.11. The van der Waals surface area contributed by atoms with E-state index in [1.807, 2.05) is 18.2 Å². The minimum absolute atomic E-state index is 0.452. The number of oxime groups is 1. The zero-order chi connectivity index (χ0) is 9.68. The van der Waals surface area contributed by atoms with Gasteiger partial charge < -0.3 is 10.5 Å². The Bertz CT molecular complexity index is 339. The molecule has 2 N–H and O–H groups in total. The first-order valence-corrected chi connectivity index (χ1v) is 4.55. The van der Waals surface area contributed by atoms with Gasteiger partial charge in [0.15, 0.2) is 0 Å². The van der Waals surface area contributed by atoms with Gasteiger partial charge in [0.1, 0.15) is 6.21 Å². The van der Waals surface area contributed by atoms with E-state index in [0.29, 0.717) is 5.69 Å². The van der Waals surface area contributed by atoms with E-state index < -0.39 is 5.91 Å². The number of nitrogens with one attached hydrogen (secondary N) is 1. The SMILES string of the molecule is O=C(/C=N/O)Nc1ccccc1I. The van der Waals surface area contributed by atoms with Crippen LogP contribution in [-0.2, 0) is 4.79 Å². The number of amides is 1. The predicted molar refractivity (Wildman–Crippen MR) is 58.1 cm³/mol. The standard InChI is InChI=1S/C8H7IN2O2/c9-6-3-1-2-4-7(6)11-8(12)5-10-13/h1-5,13H,(H,11,12)/b10-5+. The fourth-order valence-corrected chi connectivity index (χ4v) is 1.30. The molecule has 0 atom stereocenters. The highest BCUT2D eigenvalue weighted by Gasteiger charge is 2.01. The summed E-state index contributed by atoms with van der Waals surface area (Å²) in [4.78, 5) is 10.9. The van der Waals surface area contributed by atoms with Crippen molar-refractivity contribution in [2.24, 2.45) is 5.16 Å². The summed E-state index contributed by atoms with van der Waals surface area (Å²) in [5.74, 6) is -0.452. The summed E-state index contributed by atoms with van der Waals surface area (Å²) in [5, 5.41) is 13.3. The van der Waals surface area contributed by atoms with Crippen LogP contribution in [0, 0.1) is 3.57 Å². The molecule has 0 radical (unpaired) electrons. The van der Waals surface area contributed by atoms with Gasteiger partial charge in [-0.1, -0.05) is 17.3 Å². The number of hydrogen-bond acceptors (Lipinski definition) is 3. The molecule has 0 aliphatic rings. The van der Waals surface area contributed by atoms with Crippen LogP contribution >= 0.6 is 22.6 Å². The zero-order valence-corrected chi connectivity index (χ0v) is 8.72. The largest absolute Gasteiger partial charge is 0.411 e. The van der Waals surface area contributed by atoms with Crippen LogP contribution in [0.15, 0.2) is 29.4 Å². The number of nitrogens with zero attached hydrogens (tertiary/aromatic N) is 1. The van der Waals surface area contributed by atoms with Gasteiger partial charge >= 0.3 is 0 Å². The van der Waals surface area contributed by atoms with E-state index in [4.69, 9.17) is 5.21 Å². The van der Waals surface area contributed by atoms with Gasteiger partial charge in [-0.3, -0.25) is 4.79 Å². The molecule has 0 spiro atoms. The number of carbonyl (C=O) groups excluding carboxylic acids is 1. The molecule has 0 fully saturated rings. The lowest BCUT2D eigenvalue weighted by atomic mass is 10.3. The summed E-state index contributed by atoms with van der Waals surface area (Å²) in [7, 11) is 0. The third-order valence-electron chi connectivity index (χ3n) is 1.31. The maximum atomic E-state index is 10.9. The van der Waals surface area contributed by atoms with Crippen LogP contribution in [0.25, 0.3) is 0 Å². The van der Waals surface area contributed by atoms with E-state index in [2.05, 4.69) is 33.1 Å². The van der Waals surface area contributed by atoms with Gasteiger partial charge in [0.05, 0.1) is 5.69 Å². The third kappa shape index (κ3) is 3.02. The van der Waals surface area contributed by atoms with E-state index in [0.717, 1.165) is 9.78 Å². The number of hydrogen-bond donors (Lipinski definition) is 2. The molecule has 1 rings (SSSR count). The lowest BCUT2D eigenvalue weighted by Gasteiger charge is -2.02. The molecule has 1 amide bonds. The predicted octanol–water partition coefficient (Wildman–Crippen LogP) is 1.69. The Morgan fingerprint density at radius 3 is 2.85 bits per heavy atom. The Morgan fingerprint density at radius 2 is 2.23 bits per heavy atom. The molecular weight excluding hydrogens is 283 g/mol. The first-order chi connectivity index (χ1) is 6.24. The number of anilines is 1. The molecule has 0 aromatic heterocycles. The lowest BCUT2D eigenvalue weighted by Crippen LogP contribution is -2.13. The Labute approximate surface area is 88.8 Å². The fourth-order valence-electron chi connectivity index (χ4n) is 0.780. The maximum absolute atomic E-state index is 10.9. The smallest absolute Gasteiger partial charge is 0.270 e. The second-order valence-corrected chi connectivity index (χ2v) is 3.38. The van der Waals surface area contributed by atoms with Crippen molar-refractivity contribution in [3.05, 3.63) is 27.8 Å². The van der Waals surface area contributed by atoms with Gasteiger partial charge in [0.2, 0.25) is 0 Å². The third-order valence-corrected chi connectivity index (χ3v) is 2.25. The average Bonchev–Trinajstić information content (AvgIpc) is 2.09. The van der Waals surface area contributed by atoms with Crippen molar-refractivity contribution < 1.29 is 10.0 Å². The van der Waals surface area contributed by atoms with Crippen molar-refractivity contribution >= 4 is 40.4 Å². The topological polar surface area (TPSA) is 61.7 Å². The van der Waals surface area contributed by atoms with E-state index in [9.17, 15) is 4.79 Å². The molecule has 0 bridgehead atoms. The van der Waals surface area contributed by atoms with Gasteiger partial charge in [0, 0.05) is 3.57 Å². The van der Waals surface area contributed by atoms with E-state index >= 15 is 0 Å². The molecule has 0 saturated carbocycles. The molecule has 0 saturated heterocycles. The number of carbonyl (C=O) groups is 1. The van der Waals surface area contributed by atoms with Crippen LogP contribution in [0.1, 0.15) is 0 Å². The summed E-state index contributed by atoms with van der Waals surface area (Å²) < 4.78 is 0.930. The quantitative estimate of drug-likeness (QED) is 0.377. The number of halogens is 1. The highest BCUT2D eigenvalue weighted by molar-refractivity contribution is 14.1. The minimum atomic E-state index is -0.452. The zero-order valence-electron chi connectivity index (χ0n) is 6.57. The fraction of sp³-hybridized carbons (Fsp3) is 0. The van der Waals surface area contributed by atoms with Crippen molar-refractivity contribution in [1.29, 1.82) is 0 Å². The molecule has 1 aromatic carbocycles. The van der Waals surface area contributed by atoms with Gasteiger partial charge in [-0.25, -0.2) is 0 Å². The lowest BCUT2D eigenvalue weighted by molar-refractivity contribution is -0.110. The minimum Gasteiger partial charge on any atom is -0.411 e. The van der Waals surface area contributed by atoms with Gasteiger partial charge in [-0.2, -0.15) is 0 Å². The van der Waals surface area contributed by atoms with Crippen LogP contribution in [0.5, 0.6) is 0 Å². The first kappa shape index (κ1) is 9.97. The van der Waals surface area contributed by atoms with Crippen molar-refractivity contribution in [2.75, 3.05) is 5.32 Å². The number of rotatable bonds is 2. The monoisotopic (exact) mass is 290 g/mol. The molecule has 0 heterocycles. The Balaban J connectivity index is 2.74. The second kappa shape index (κ2) is 4.80. The normalized spacial score (nSPS) is 10.2. The van der Waals surface area contributed by atoms with E-state index in [-0.39, 0.29) is 0 Å². The van der Waals surface area contributed by atoms with Crippen LogP contribution in [0.4, 0.5) is 5.69 Å². The molecule has 68 valence electrons. The van der Waals surface area contributed by atoms with Crippen LogP contribution in [-0.4, -0.2) is 17.3 Å². The summed E-state index contributed by atoms with van der Waals surface area (Å²) in [6.07, 6.45) is 0.809. The summed E-state index contributed by atoms with van der Waals surface area (Å²) in [6.45, 7) is 0. The van der Waals surface area contributed by atoms with Crippen LogP contribution in [0.2, 0.25) is 0 Å². The van der Waals surface area contributed by atoms with Gasteiger partial charge in [0.25, 0.3) is 5.91 Å². The molecule has 5 heteroatoms. The van der Waals surface area contributed by atoms with Crippen molar-refractivity contribution in [3.8, 4) is 0 Å². The molecule has 4 nitrogen and oxygen atoms in total. The molecule has 0 aliphatic heterocycles. The Morgan fingerprint density at radius 1 is 1.54 bits per heavy atom. The summed E-state index contributed by atoms with van der Waals surface area (Å²) >= 11 is 2.10. The van der Waals surface area contributed by atoms with E-state index in [1.165, 1.54) is 0 Å². The van der Waals surface area contributed by atoms with E-state index in [1.54, 1.807) is 6.07 Å². The van der Waals surface area contributed by atoms with Crippen molar-refractivity contribution in [3.63, 3.8) is 0 Å². The molecule has 0 aliphatic carbocycles. The number of benzene rings is 1. The summed E-state index contributed by atoms with van der Waals surface area (Å²) in [6, 6.07) is 7.32.